The number of carbonyl (C=O) groups is 4. The Balaban J connectivity index is 1.54. The second kappa shape index (κ2) is 8.47. The predicted octanol–water partition coefficient (Wildman–Crippen LogP) is 1.59. The molecule has 3 heterocycles. The van der Waals surface area contributed by atoms with E-state index in [4.69, 9.17) is 4.74 Å². The molecule has 2 fully saturated rings. The molecule has 4 rings (SSSR count). The number of thiophene rings is 1. The first-order valence-electron chi connectivity index (χ1n) is 10.6. The monoisotopic (exact) mass is 483 g/mol. The van der Waals surface area contributed by atoms with E-state index in [1.54, 1.807) is 6.92 Å². The lowest BCUT2D eigenvalue weighted by molar-refractivity contribution is -0.134. The number of hydrogen-bond acceptors (Lipinski definition) is 8. The van der Waals surface area contributed by atoms with Crippen LogP contribution < -0.4 is 10.6 Å². The fourth-order valence-corrected chi connectivity index (χ4v) is 7.61. The largest absolute Gasteiger partial charge is 0.462 e. The first-order chi connectivity index (χ1) is 15.2. The first kappa shape index (κ1) is 22.7. The van der Waals surface area contributed by atoms with Gasteiger partial charge in [-0.1, -0.05) is 19.3 Å². The molecule has 0 radical (unpaired) electrons. The van der Waals surface area contributed by atoms with Crippen LogP contribution in [0.1, 0.15) is 59.8 Å². The van der Waals surface area contributed by atoms with Gasteiger partial charge in [-0.15, -0.1) is 11.3 Å². The van der Waals surface area contributed by atoms with Crippen LogP contribution in [-0.2, 0) is 36.3 Å². The first-order valence-corrected chi connectivity index (χ1v) is 13.3. The van der Waals surface area contributed by atoms with Crippen molar-refractivity contribution < 1.29 is 32.3 Å². The lowest BCUT2D eigenvalue weighted by Gasteiger charge is -2.30. The summed E-state index contributed by atoms with van der Waals surface area (Å²) in [7, 11) is -3.28. The van der Waals surface area contributed by atoms with Crippen LogP contribution in [0.5, 0.6) is 0 Å². The molecule has 1 aromatic heterocycles. The summed E-state index contributed by atoms with van der Waals surface area (Å²) in [6.45, 7) is 1.29. The summed E-state index contributed by atoms with van der Waals surface area (Å²) in [5, 5.41) is 5.53. The molecule has 4 amide bonds. The van der Waals surface area contributed by atoms with Gasteiger partial charge in [0.2, 0.25) is 5.91 Å². The van der Waals surface area contributed by atoms with Crippen LogP contribution in [0, 0.1) is 0 Å². The number of ether oxygens (including phenoxy) is 1. The van der Waals surface area contributed by atoms with E-state index in [0.717, 1.165) is 35.5 Å². The van der Waals surface area contributed by atoms with Crippen molar-refractivity contribution in [2.45, 2.75) is 56.7 Å². The average Bonchev–Trinajstić information content (AvgIpc) is 3.17. The Labute approximate surface area is 189 Å². The van der Waals surface area contributed by atoms with Crippen molar-refractivity contribution in [2.75, 3.05) is 24.2 Å². The average molecular weight is 484 g/mol. The fourth-order valence-electron chi connectivity index (χ4n) is 4.55. The normalized spacial score (nSPS) is 21.2. The third-order valence-electron chi connectivity index (χ3n) is 6.09. The Morgan fingerprint density at radius 1 is 1.22 bits per heavy atom. The number of nitrogens with one attached hydrogen (secondary N) is 2. The van der Waals surface area contributed by atoms with Crippen LogP contribution in [-0.4, -0.2) is 61.6 Å². The van der Waals surface area contributed by atoms with Gasteiger partial charge >= 0.3 is 12.0 Å². The maximum Gasteiger partial charge on any atom is 0.341 e. The molecule has 174 valence electrons. The Morgan fingerprint density at radius 2 is 1.94 bits per heavy atom. The highest BCUT2D eigenvalue weighted by Gasteiger charge is 2.51. The lowest BCUT2D eigenvalue weighted by Crippen LogP contribution is -2.48. The van der Waals surface area contributed by atoms with Gasteiger partial charge in [-0.3, -0.25) is 14.5 Å². The number of urea groups is 1. The minimum Gasteiger partial charge on any atom is -0.462 e. The van der Waals surface area contributed by atoms with Crippen molar-refractivity contribution in [1.82, 2.24) is 10.2 Å². The molecule has 1 saturated carbocycles. The van der Waals surface area contributed by atoms with Crippen LogP contribution in [0.15, 0.2) is 0 Å². The number of esters is 1. The second-order valence-electron chi connectivity index (χ2n) is 8.28. The number of sulfone groups is 1. The van der Waals surface area contributed by atoms with Crippen molar-refractivity contribution in [3.8, 4) is 0 Å². The molecule has 3 aliphatic rings. The lowest BCUT2D eigenvalue weighted by atomic mass is 9.82. The zero-order chi connectivity index (χ0) is 23.1. The Kier molecular flexibility index (Phi) is 6.01. The minimum absolute atomic E-state index is 0.0823. The molecule has 0 bridgehead atoms. The van der Waals surface area contributed by atoms with Gasteiger partial charge in [0.05, 0.1) is 23.7 Å². The molecule has 0 aromatic carbocycles. The third kappa shape index (κ3) is 4.13. The zero-order valence-electron chi connectivity index (χ0n) is 17.7. The number of anilines is 1. The van der Waals surface area contributed by atoms with Crippen LogP contribution in [0.3, 0.4) is 0 Å². The van der Waals surface area contributed by atoms with Crippen molar-refractivity contribution in [3.05, 3.63) is 16.0 Å². The van der Waals surface area contributed by atoms with Gasteiger partial charge in [-0.2, -0.15) is 0 Å². The summed E-state index contributed by atoms with van der Waals surface area (Å²) in [5.74, 6) is -1.98. The molecule has 0 unspecified atom stereocenters. The number of imide groups is 1. The van der Waals surface area contributed by atoms with E-state index in [1.807, 2.05) is 0 Å². The summed E-state index contributed by atoms with van der Waals surface area (Å²) in [6, 6.07) is -0.603. The van der Waals surface area contributed by atoms with Crippen molar-refractivity contribution in [3.63, 3.8) is 0 Å². The van der Waals surface area contributed by atoms with Gasteiger partial charge in [0, 0.05) is 4.88 Å². The number of nitrogens with zero attached hydrogens (tertiary/aromatic N) is 1. The molecule has 2 N–H and O–H groups in total. The van der Waals surface area contributed by atoms with E-state index in [1.165, 1.54) is 0 Å². The maximum atomic E-state index is 12.9. The van der Waals surface area contributed by atoms with E-state index >= 15 is 0 Å². The molecule has 1 spiro atoms. The maximum absolute atomic E-state index is 12.9. The van der Waals surface area contributed by atoms with Gasteiger partial charge in [-0.05, 0) is 31.7 Å². The summed E-state index contributed by atoms with van der Waals surface area (Å²) >= 11 is 1.01. The van der Waals surface area contributed by atoms with Gasteiger partial charge in [0.25, 0.3) is 5.91 Å². The quantitative estimate of drug-likeness (QED) is 0.479. The number of hydrogen-bond donors (Lipinski definition) is 2. The summed E-state index contributed by atoms with van der Waals surface area (Å²) < 4.78 is 29.1. The standard InChI is InChI=1S/C20H25N3O7S2/c1-2-30-17(25)15-12-6-9-32(28,29)11-13(12)31-16(15)21-14(24)10-23-18(26)20(22-19(23)27)7-4-3-5-8-20/h2-11H2,1H3,(H,21,24)(H,22,27). The molecular weight excluding hydrogens is 458 g/mol. The van der Waals surface area contributed by atoms with Crippen molar-refractivity contribution in [2.24, 2.45) is 0 Å². The molecule has 1 aromatic rings. The molecule has 32 heavy (non-hydrogen) atoms. The van der Waals surface area contributed by atoms with E-state index in [-0.39, 0.29) is 35.1 Å². The highest BCUT2D eigenvalue weighted by atomic mass is 32.2. The van der Waals surface area contributed by atoms with Crippen molar-refractivity contribution >= 4 is 50.0 Å². The highest BCUT2D eigenvalue weighted by molar-refractivity contribution is 7.90. The van der Waals surface area contributed by atoms with E-state index < -0.39 is 45.7 Å². The summed E-state index contributed by atoms with van der Waals surface area (Å²) in [6.07, 6.45) is 3.93. The van der Waals surface area contributed by atoms with Crippen LogP contribution in [0.25, 0.3) is 0 Å². The van der Waals surface area contributed by atoms with E-state index in [0.29, 0.717) is 23.3 Å². The Hall–Kier alpha value is -2.47. The molecular formula is C20H25N3O7S2. The molecule has 12 heteroatoms. The number of carbonyl (C=O) groups excluding carboxylic acids is 4. The van der Waals surface area contributed by atoms with Gasteiger partial charge in [-0.25, -0.2) is 18.0 Å². The minimum atomic E-state index is -3.28. The number of fused-ring (bicyclic) bond motifs is 1. The van der Waals surface area contributed by atoms with Crippen molar-refractivity contribution in [1.29, 1.82) is 0 Å². The Bertz CT molecular complexity index is 1090. The van der Waals surface area contributed by atoms with Crippen LogP contribution in [0.2, 0.25) is 0 Å². The summed E-state index contributed by atoms with van der Waals surface area (Å²) in [5.41, 5.74) is -0.215. The van der Waals surface area contributed by atoms with Gasteiger partial charge < -0.3 is 15.4 Å². The van der Waals surface area contributed by atoms with Gasteiger partial charge in [0.15, 0.2) is 9.84 Å². The SMILES string of the molecule is CCOC(=O)c1c(NC(=O)CN2C(=O)NC3(CCCCC3)C2=O)sc2c1CCS(=O)(=O)C2. The molecule has 0 atom stereocenters. The predicted molar refractivity (Wildman–Crippen MR) is 116 cm³/mol. The van der Waals surface area contributed by atoms with E-state index in [2.05, 4.69) is 10.6 Å². The zero-order valence-corrected chi connectivity index (χ0v) is 19.3. The van der Waals surface area contributed by atoms with Crippen LogP contribution >= 0.6 is 11.3 Å². The second-order valence-corrected chi connectivity index (χ2v) is 11.6. The Morgan fingerprint density at radius 3 is 2.62 bits per heavy atom. The smallest absolute Gasteiger partial charge is 0.341 e. The molecule has 1 aliphatic carbocycles. The third-order valence-corrected chi connectivity index (χ3v) is 8.98. The van der Waals surface area contributed by atoms with Gasteiger partial charge in [0.1, 0.15) is 17.1 Å². The molecule has 10 nitrogen and oxygen atoms in total. The molecule has 1 saturated heterocycles. The molecule has 2 aliphatic heterocycles. The summed E-state index contributed by atoms with van der Waals surface area (Å²) in [4.78, 5) is 52.0. The van der Waals surface area contributed by atoms with Crippen LogP contribution in [0.4, 0.5) is 9.80 Å². The highest BCUT2D eigenvalue weighted by Crippen LogP contribution is 2.39. The number of amides is 4. The number of rotatable bonds is 5. The van der Waals surface area contributed by atoms with E-state index in [9.17, 15) is 27.6 Å². The topological polar surface area (TPSA) is 139 Å². The fraction of sp³-hybridized carbons (Fsp3) is 0.600.